The van der Waals surface area contributed by atoms with E-state index in [9.17, 15) is 0 Å². The quantitative estimate of drug-likeness (QED) is 0.914. The summed E-state index contributed by atoms with van der Waals surface area (Å²) in [5, 5.41) is 3.52. The molecule has 2 nitrogen and oxygen atoms in total. The molecule has 1 saturated heterocycles. The minimum absolute atomic E-state index is 0.695. The molecule has 1 aliphatic rings. The first-order valence-electron chi connectivity index (χ1n) is 5.98. The standard InChI is InChI=1S/C13H19BrN2/c1-2-15-13-7-8-16(10-13)9-11-3-5-12(14)6-4-11/h3-6,13,15H,2,7-10H2,1H3. The maximum atomic E-state index is 3.52. The highest BCUT2D eigenvalue weighted by atomic mass is 79.9. The van der Waals surface area contributed by atoms with Crippen LogP contribution >= 0.6 is 15.9 Å². The second-order valence-corrected chi connectivity index (χ2v) is 5.32. The lowest BCUT2D eigenvalue weighted by Crippen LogP contribution is -2.32. The Labute approximate surface area is 106 Å². The van der Waals surface area contributed by atoms with E-state index < -0.39 is 0 Å². The van der Waals surface area contributed by atoms with Gasteiger partial charge in [-0.3, -0.25) is 4.90 Å². The van der Waals surface area contributed by atoms with E-state index in [0.29, 0.717) is 6.04 Å². The summed E-state index contributed by atoms with van der Waals surface area (Å²) in [6.07, 6.45) is 1.28. The van der Waals surface area contributed by atoms with E-state index in [4.69, 9.17) is 0 Å². The predicted molar refractivity (Wildman–Crippen MR) is 71.5 cm³/mol. The van der Waals surface area contributed by atoms with Gasteiger partial charge in [-0.15, -0.1) is 0 Å². The Balaban J connectivity index is 1.84. The van der Waals surface area contributed by atoms with Gasteiger partial charge in [0, 0.05) is 30.1 Å². The zero-order chi connectivity index (χ0) is 11.4. The first kappa shape index (κ1) is 12.1. The summed E-state index contributed by atoms with van der Waals surface area (Å²) in [4.78, 5) is 2.52. The van der Waals surface area contributed by atoms with Crippen molar-refractivity contribution in [2.45, 2.75) is 25.9 Å². The molecule has 16 heavy (non-hydrogen) atoms. The Bertz CT molecular complexity index is 323. The monoisotopic (exact) mass is 282 g/mol. The summed E-state index contributed by atoms with van der Waals surface area (Å²) in [5.41, 5.74) is 1.40. The molecule has 1 unspecified atom stereocenters. The van der Waals surface area contributed by atoms with E-state index in [1.165, 1.54) is 25.1 Å². The van der Waals surface area contributed by atoms with E-state index >= 15 is 0 Å². The molecule has 1 fully saturated rings. The summed E-state index contributed by atoms with van der Waals surface area (Å²) < 4.78 is 1.16. The van der Waals surface area contributed by atoms with Crippen LogP contribution in [0, 0.1) is 0 Å². The largest absolute Gasteiger partial charge is 0.313 e. The van der Waals surface area contributed by atoms with Gasteiger partial charge >= 0.3 is 0 Å². The number of likely N-dealkylation sites (tertiary alicyclic amines) is 1. The fourth-order valence-corrected chi connectivity index (χ4v) is 2.54. The molecular formula is C13H19BrN2. The summed E-state index contributed by atoms with van der Waals surface area (Å²) in [5.74, 6) is 0. The van der Waals surface area contributed by atoms with E-state index in [-0.39, 0.29) is 0 Å². The van der Waals surface area contributed by atoms with Crippen LogP contribution in [0.2, 0.25) is 0 Å². The number of hydrogen-bond donors (Lipinski definition) is 1. The second-order valence-electron chi connectivity index (χ2n) is 4.40. The minimum atomic E-state index is 0.695. The minimum Gasteiger partial charge on any atom is -0.313 e. The Morgan fingerprint density at radius 2 is 2.12 bits per heavy atom. The Kier molecular flexibility index (Phi) is 4.38. The van der Waals surface area contributed by atoms with E-state index in [0.717, 1.165) is 17.6 Å². The van der Waals surface area contributed by atoms with Gasteiger partial charge in [0.05, 0.1) is 0 Å². The van der Waals surface area contributed by atoms with Crippen LogP contribution < -0.4 is 5.32 Å². The van der Waals surface area contributed by atoms with Gasteiger partial charge < -0.3 is 5.32 Å². The van der Waals surface area contributed by atoms with Crippen LogP contribution in [0.1, 0.15) is 18.9 Å². The van der Waals surface area contributed by atoms with E-state index in [1.807, 2.05) is 0 Å². The first-order valence-corrected chi connectivity index (χ1v) is 6.77. The van der Waals surface area contributed by atoms with Crippen molar-refractivity contribution >= 4 is 15.9 Å². The zero-order valence-electron chi connectivity index (χ0n) is 9.75. The number of likely N-dealkylation sites (N-methyl/N-ethyl adjacent to an activating group) is 1. The third kappa shape index (κ3) is 3.30. The Hall–Kier alpha value is -0.380. The van der Waals surface area contributed by atoms with Crippen LogP contribution in [-0.2, 0) is 6.54 Å². The molecule has 0 aromatic heterocycles. The fraction of sp³-hybridized carbons (Fsp3) is 0.538. The van der Waals surface area contributed by atoms with Gasteiger partial charge in [-0.1, -0.05) is 35.0 Å². The SMILES string of the molecule is CCNC1CCN(Cc2ccc(Br)cc2)C1. The maximum Gasteiger partial charge on any atom is 0.0234 e. The number of nitrogens with one attached hydrogen (secondary N) is 1. The van der Waals surface area contributed by atoms with Gasteiger partial charge in [0.1, 0.15) is 0 Å². The topological polar surface area (TPSA) is 15.3 Å². The highest BCUT2D eigenvalue weighted by Gasteiger charge is 2.21. The molecule has 0 radical (unpaired) electrons. The second kappa shape index (κ2) is 5.80. The van der Waals surface area contributed by atoms with Gasteiger partial charge in [0.2, 0.25) is 0 Å². The molecule has 1 N–H and O–H groups in total. The first-order chi connectivity index (χ1) is 7.78. The molecular weight excluding hydrogens is 264 g/mol. The van der Waals surface area contributed by atoms with Crippen LogP contribution in [0.25, 0.3) is 0 Å². The molecule has 1 heterocycles. The average molecular weight is 283 g/mol. The van der Waals surface area contributed by atoms with Gasteiger partial charge in [-0.25, -0.2) is 0 Å². The Morgan fingerprint density at radius 1 is 1.38 bits per heavy atom. The lowest BCUT2D eigenvalue weighted by Gasteiger charge is -2.16. The fourth-order valence-electron chi connectivity index (χ4n) is 2.28. The van der Waals surface area contributed by atoms with Crippen molar-refractivity contribution in [1.82, 2.24) is 10.2 Å². The summed E-state index contributed by atoms with van der Waals surface area (Å²) in [7, 11) is 0. The highest BCUT2D eigenvalue weighted by Crippen LogP contribution is 2.15. The van der Waals surface area contributed by atoms with Crippen molar-refractivity contribution in [2.75, 3.05) is 19.6 Å². The molecule has 1 aliphatic heterocycles. The molecule has 0 saturated carbocycles. The number of benzene rings is 1. The third-order valence-corrected chi connectivity index (χ3v) is 3.61. The van der Waals surface area contributed by atoms with Crippen LogP contribution in [0.15, 0.2) is 28.7 Å². The van der Waals surface area contributed by atoms with Crippen LogP contribution in [0.4, 0.5) is 0 Å². The molecule has 1 aromatic rings. The zero-order valence-corrected chi connectivity index (χ0v) is 11.3. The van der Waals surface area contributed by atoms with Crippen LogP contribution in [0.5, 0.6) is 0 Å². The molecule has 1 atom stereocenters. The molecule has 88 valence electrons. The Morgan fingerprint density at radius 3 is 2.81 bits per heavy atom. The third-order valence-electron chi connectivity index (χ3n) is 3.08. The van der Waals surface area contributed by atoms with Crippen LogP contribution in [-0.4, -0.2) is 30.6 Å². The molecule has 0 aliphatic carbocycles. The van der Waals surface area contributed by atoms with Gasteiger partial charge in [0.15, 0.2) is 0 Å². The normalized spacial score (nSPS) is 21.5. The van der Waals surface area contributed by atoms with Crippen molar-refractivity contribution in [2.24, 2.45) is 0 Å². The van der Waals surface area contributed by atoms with Gasteiger partial charge in [0.25, 0.3) is 0 Å². The maximum absolute atomic E-state index is 3.52. The molecule has 0 bridgehead atoms. The molecule has 0 spiro atoms. The van der Waals surface area contributed by atoms with E-state index in [1.54, 1.807) is 0 Å². The van der Waals surface area contributed by atoms with Crippen molar-refractivity contribution in [3.63, 3.8) is 0 Å². The number of rotatable bonds is 4. The molecule has 2 rings (SSSR count). The number of nitrogens with zero attached hydrogens (tertiary/aromatic N) is 1. The summed E-state index contributed by atoms with van der Waals surface area (Å²) >= 11 is 3.46. The molecule has 0 amide bonds. The average Bonchev–Trinajstić information content (AvgIpc) is 2.70. The van der Waals surface area contributed by atoms with Crippen LogP contribution in [0.3, 0.4) is 0 Å². The van der Waals surface area contributed by atoms with Crippen molar-refractivity contribution in [3.8, 4) is 0 Å². The van der Waals surface area contributed by atoms with Gasteiger partial charge in [-0.2, -0.15) is 0 Å². The number of halogens is 1. The van der Waals surface area contributed by atoms with Crippen molar-refractivity contribution in [3.05, 3.63) is 34.3 Å². The smallest absolute Gasteiger partial charge is 0.0234 e. The van der Waals surface area contributed by atoms with Crippen molar-refractivity contribution in [1.29, 1.82) is 0 Å². The highest BCUT2D eigenvalue weighted by molar-refractivity contribution is 9.10. The summed E-state index contributed by atoms with van der Waals surface area (Å²) in [6.45, 7) is 6.74. The summed E-state index contributed by atoms with van der Waals surface area (Å²) in [6, 6.07) is 9.33. The van der Waals surface area contributed by atoms with Crippen molar-refractivity contribution < 1.29 is 0 Å². The van der Waals surface area contributed by atoms with E-state index in [2.05, 4.69) is 57.3 Å². The lowest BCUT2D eigenvalue weighted by molar-refractivity contribution is 0.321. The lowest BCUT2D eigenvalue weighted by atomic mass is 10.2. The number of hydrogen-bond acceptors (Lipinski definition) is 2. The predicted octanol–water partition coefficient (Wildman–Crippen LogP) is 2.63. The van der Waals surface area contributed by atoms with Gasteiger partial charge in [-0.05, 0) is 30.7 Å². The molecule has 3 heteroatoms. The molecule has 1 aromatic carbocycles.